The van der Waals surface area contributed by atoms with E-state index in [1.807, 2.05) is 0 Å². The quantitative estimate of drug-likeness (QED) is 0.353. The van der Waals surface area contributed by atoms with Gasteiger partial charge in [0, 0.05) is 6.42 Å². The maximum Gasteiger partial charge on any atom is 0.303 e. The van der Waals surface area contributed by atoms with Crippen molar-refractivity contribution in [3.05, 3.63) is 24.3 Å². The number of hydrogen-bond donors (Lipinski definition) is 1. The van der Waals surface area contributed by atoms with Gasteiger partial charge in [0.25, 0.3) is 0 Å². The number of unbranched alkanes of at least 4 members (excludes halogenated alkanes) is 7. The van der Waals surface area contributed by atoms with Gasteiger partial charge in [0.05, 0.1) is 0 Å². The summed E-state index contributed by atoms with van der Waals surface area (Å²) < 4.78 is 0. The zero-order valence-electron chi connectivity index (χ0n) is 12.4. The second-order valence-corrected chi connectivity index (χ2v) is 5.02. The summed E-state index contributed by atoms with van der Waals surface area (Å²) >= 11 is 0. The van der Waals surface area contributed by atoms with Gasteiger partial charge in [-0.25, -0.2) is 0 Å². The summed E-state index contributed by atoms with van der Waals surface area (Å²) in [5.74, 6) is -0.671. The fourth-order valence-corrected chi connectivity index (χ4v) is 1.90. The lowest BCUT2D eigenvalue weighted by Crippen LogP contribution is -1.93. The standard InChI is InChI=1S/C17H30O2/c1-2-3-4-5-6-7-8-9-10-11-12-13-14-15-16-17(18)19/h5-6,8-9H,2-4,7,10-16H2,1H3,(H,18,19). The van der Waals surface area contributed by atoms with E-state index in [2.05, 4.69) is 31.2 Å². The van der Waals surface area contributed by atoms with Crippen LogP contribution in [0.4, 0.5) is 0 Å². The van der Waals surface area contributed by atoms with Gasteiger partial charge in [-0.15, -0.1) is 0 Å². The number of carbonyl (C=O) groups is 1. The van der Waals surface area contributed by atoms with Gasteiger partial charge in [-0.05, 0) is 32.1 Å². The molecule has 2 nitrogen and oxygen atoms in total. The van der Waals surface area contributed by atoms with Crippen molar-refractivity contribution < 1.29 is 9.90 Å². The molecule has 0 saturated heterocycles. The molecule has 0 aliphatic heterocycles. The van der Waals surface area contributed by atoms with Gasteiger partial charge in [0.1, 0.15) is 0 Å². The minimum atomic E-state index is -0.671. The first-order valence-electron chi connectivity index (χ1n) is 7.79. The molecule has 110 valence electrons. The summed E-state index contributed by atoms with van der Waals surface area (Å²) in [4.78, 5) is 10.3. The van der Waals surface area contributed by atoms with Crippen LogP contribution in [-0.4, -0.2) is 11.1 Å². The highest BCUT2D eigenvalue weighted by Crippen LogP contribution is 2.07. The number of carboxylic acids is 1. The highest BCUT2D eigenvalue weighted by Gasteiger charge is 1.95. The normalized spacial score (nSPS) is 11.6. The van der Waals surface area contributed by atoms with Crippen LogP contribution >= 0.6 is 0 Å². The molecule has 0 bridgehead atoms. The zero-order chi connectivity index (χ0) is 14.2. The van der Waals surface area contributed by atoms with Gasteiger partial charge >= 0.3 is 5.97 Å². The third kappa shape index (κ3) is 16.9. The number of carboxylic acid groups (broad SMARTS) is 1. The average Bonchev–Trinajstić information content (AvgIpc) is 2.39. The number of allylic oxidation sites excluding steroid dienone is 4. The van der Waals surface area contributed by atoms with Crippen LogP contribution in [-0.2, 0) is 4.79 Å². The molecule has 0 aromatic carbocycles. The number of hydrogen-bond acceptors (Lipinski definition) is 1. The SMILES string of the molecule is CCCCC=CCC=CCCCCCCCC(=O)O. The monoisotopic (exact) mass is 266 g/mol. The predicted molar refractivity (Wildman–Crippen MR) is 82.4 cm³/mol. The van der Waals surface area contributed by atoms with Gasteiger partial charge in [-0.2, -0.15) is 0 Å². The van der Waals surface area contributed by atoms with Crippen molar-refractivity contribution in [3.8, 4) is 0 Å². The van der Waals surface area contributed by atoms with Gasteiger partial charge in [0.2, 0.25) is 0 Å². The van der Waals surface area contributed by atoms with Gasteiger partial charge in [0.15, 0.2) is 0 Å². The first kappa shape index (κ1) is 17.9. The smallest absolute Gasteiger partial charge is 0.303 e. The third-order valence-electron chi connectivity index (χ3n) is 3.09. The molecular weight excluding hydrogens is 236 g/mol. The first-order valence-corrected chi connectivity index (χ1v) is 7.79. The molecule has 0 aromatic heterocycles. The van der Waals surface area contributed by atoms with Crippen molar-refractivity contribution in [1.29, 1.82) is 0 Å². The van der Waals surface area contributed by atoms with Gasteiger partial charge in [-0.3, -0.25) is 4.79 Å². The maximum absolute atomic E-state index is 10.3. The Kier molecular flexibility index (Phi) is 14.2. The van der Waals surface area contributed by atoms with Crippen LogP contribution in [0.3, 0.4) is 0 Å². The molecule has 0 aliphatic rings. The van der Waals surface area contributed by atoms with Crippen LogP contribution in [0.5, 0.6) is 0 Å². The summed E-state index contributed by atoms with van der Waals surface area (Å²) in [6.07, 6.45) is 20.8. The van der Waals surface area contributed by atoms with Crippen molar-refractivity contribution in [3.63, 3.8) is 0 Å². The van der Waals surface area contributed by atoms with Crippen molar-refractivity contribution in [2.75, 3.05) is 0 Å². The van der Waals surface area contributed by atoms with Gasteiger partial charge in [-0.1, -0.05) is 63.3 Å². The molecule has 0 saturated carbocycles. The Hall–Kier alpha value is -1.05. The lowest BCUT2D eigenvalue weighted by atomic mass is 10.1. The van der Waals surface area contributed by atoms with E-state index in [9.17, 15) is 4.79 Å². The van der Waals surface area contributed by atoms with E-state index in [4.69, 9.17) is 5.11 Å². The minimum Gasteiger partial charge on any atom is -0.481 e. The number of aliphatic carboxylic acids is 1. The lowest BCUT2D eigenvalue weighted by molar-refractivity contribution is -0.137. The van der Waals surface area contributed by atoms with E-state index in [-0.39, 0.29) is 0 Å². The van der Waals surface area contributed by atoms with E-state index in [0.29, 0.717) is 6.42 Å². The average molecular weight is 266 g/mol. The Balaban J connectivity index is 3.16. The minimum absolute atomic E-state index is 0.324. The van der Waals surface area contributed by atoms with Crippen LogP contribution in [0.2, 0.25) is 0 Å². The van der Waals surface area contributed by atoms with Crippen LogP contribution in [0.25, 0.3) is 0 Å². The number of rotatable bonds is 13. The van der Waals surface area contributed by atoms with E-state index < -0.39 is 5.97 Å². The van der Waals surface area contributed by atoms with E-state index in [1.165, 1.54) is 32.1 Å². The molecule has 0 aromatic rings. The molecule has 2 heteroatoms. The lowest BCUT2D eigenvalue weighted by Gasteiger charge is -1.98. The second-order valence-electron chi connectivity index (χ2n) is 5.02. The van der Waals surface area contributed by atoms with E-state index >= 15 is 0 Å². The Bertz CT molecular complexity index is 254. The maximum atomic E-state index is 10.3. The summed E-state index contributed by atoms with van der Waals surface area (Å²) in [6.45, 7) is 2.22. The fraction of sp³-hybridized carbons (Fsp3) is 0.706. The molecule has 0 aliphatic carbocycles. The molecule has 1 N–H and O–H groups in total. The Morgan fingerprint density at radius 2 is 1.42 bits per heavy atom. The first-order chi connectivity index (χ1) is 9.27. The van der Waals surface area contributed by atoms with Crippen molar-refractivity contribution >= 4 is 5.97 Å². The van der Waals surface area contributed by atoms with Crippen molar-refractivity contribution in [2.45, 2.75) is 77.6 Å². The summed E-state index contributed by atoms with van der Waals surface area (Å²) in [7, 11) is 0. The zero-order valence-corrected chi connectivity index (χ0v) is 12.4. The molecular formula is C17H30O2. The topological polar surface area (TPSA) is 37.3 Å². The molecule has 0 amide bonds. The molecule has 19 heavy (non-hydrogen) atoms. The molecule has 0 unspecified atom stereocenters. The van der Waals surface area contributed by atoms with Gasteiger partial charge < -0.3 is 5.11 Å². The second kappa shape index (κ2) is 15.0. The predicted octanol–water partition coefficient (Wildman–Crippen LogP) is 5.49. The van der Waals surface area contributed by atoms with Crippen LogP contribution in [0, 0.1) is 0 Å². The van der Waals surface area contributed by atoms with Crippen LogP contribution in [0.15, 0.2) is 24.3 Å². The van der Waals surface area contributed by atoms with Crippen molar-refractivity contribution in [2.24, 2.45) is 0 Å². The highest BCUT2D eigenvalue weighted by atomic mass is 16.4. The molecule has 0 radical (unpaired) electrons. The molecule has 0 fully saturated rings. The van der Waals surface area contributed by atoms with E-state index in [0.717, 1.165) is 32.1 Å². The summed E-state index contributed by atoms with van der Waals surface area (Å²) in [5, 5.41) is 8.49. The largest absolute Gasteiger partial charge is 0.481 e. The molecule has 0 atom stereocenters. The molecule has 0 spiro atoms. The molecule has 0 rings (SSSR count). The Morgan fingerprint density at radius 3 is 2.05 bits per heavy atom. The third-order valence-corrected chi connectivity index (χ3v) is 3.09. The van der Waals surface area contributed by atoms with E-state index in [1.54, 1.807) is 0 Å². The Labute approximate surface area is 118 Å². The molecule has 0 heterocycles. The van der Waals surface area contributed by atoms with Crippen molar-refractivity contribution in [1.82, 2.24) is 0 Å². The summed E-state index contributed by atoms with van der Waals surface area (Å²) in [5.41, 5.74) is 0. The van der Waals surface area contributed by atoms with Crippen LogP contribution in [0.1, 0.15) is 77.6 Å². The fourth-order valence-electron chi connectivity index (χ4n) is 1.90. The highest BCUT2D eigenvalue weighted by molar-refractivity contribution is 5.66. The van der Waals surface area contributed by atoms with Crippen LogP contribution < -0.4 is 0 Å². The Morgan fingerprint density at radius 1 is 0.842 bits per heavy atom. The summed E-state index contributed by atoms with van der Waals surface area (Å²) in [6, 6.07) is 0.